The Kier molecular flexibility index (Phi) is 5.43. The summed E-state index contributed by atoms with van der Waals surface area (Å²) in [7, 11) is -3.81. The number of nitrogens with one attached hydrogen (secondary N) is 1. The minimum Gasteiger partial charge on any atom is -0.382 e. The van der Waals surface area contributed by atoms with Crippen molar-refractivity contribution in [3.8, 4) is 0 Å². The van der Waals surface area contributed by atoms with Gasteiger partial charge < -0.3 is 5.32 Å². The Hall–Kier alpha value is -0.880. The largest absolute Gasteiger partial charge is 0.382 e. The standard InChI is InChI=1S/C15H23NO3S2/c1-20(17)11-12-5-3-6-13(9-12)16-14-7-4-8-15(10-14)21(2,18)19/h3,5-6,9,14-16H,4,7-8,10-11H2,1-2H3. The van der Waals surface area contributed by atoms with Gasteiger partial charge in [0.15, 0.2) is 0 Å². The lowest BCUT2D eigenvalue weighted by atomic mass is 9.94. The molecule has 0 aliphatic heterocycles. The topological polar surface area (TPSA) is 63.2 Å². The highest BCUT2D eigenvalue weighted by Crippen LogP contribution is 2.26. The lowest BCUT2D eigenvalue weighted by Gasteiger charge is -2.29. The molecule has 0 heterocycles. The summed E-state index contributed by atoms with van der Waals surface area (Å²) in [5.41, 5.74) is 2.02. The van der Waals surface area contributed by atoms with Gasteiger partial charge in [0.25, 0.3) is 0 Å². The van der Waals surface area contributed by atoms with Gasteiger partial charge in [-0.1, -0.05) is 18.6 Å². The first-order valence-corrected chi connectivity index (χ1v) is 10.9. The number of rotatable bonds is 5. The Labute approximate surface area is 129 Å². The molecule has 6 heteroatoms. The summed E-state index contributed by atoms with van der Waals surface area (Å²) in [4.78, 5) is 0. The minimum atomic E-state index is -2.96. The molecule has 0 radical (unpaired) electrons. The second-order valence-electron chi connectivity index (χ2n) is 5.88. The van der Waals surface area contributed by atoms with Gasteiger partial charge >= 0.3 is 0 Å². The molecule has 4 nitrogen and oxygen atoms in total. The lowest BCUT2D eigenvalue weighted by Crippen LogP contribution is -2.34. The zero-order valence-corrected chi connectivity index (χ0v) is 14.2. The van der Waals surface area contributed by atoms with Crippen molar-refractivity contribution in [3.63, 3.8) is 0 Å². The highest BCUT2D eigenvalue weighted by Gasteiger charge is 2.28. The smallest absolute Gasteiger partial charge is 0.150 e. The van der Waals surface area contributed by atoms with Gasteiger partial charge in [0, 0.05) is 40.8 Å². The molecule has 21 heavy (non-hydrogen) atoms. The van der Waals surface area contributed by atoms with Crippen molar-refractivity contribution >= 4 is 26.3 Å². The van der Waals surface area contributed by atoms with E-state index in [4.69, 9.17) is 0 Å². The van der Waals surface area contributed by atoms with E-state index in [2.05, 4.69) is 5.32 Å². The van der Waals surface area contributed by atoms with Gasteiger partial charge in [-0.25, -0.2) is 8.42 Å². The van der Waals surface area contributed by atoms with Crippen LogP contribution in [-0.2, 0) is 26.4 Å². The Balaban J connectivity index is 2.02. The number of anilines is 1. The van der Waals surface area contributed by atoms with Gasteiger partial charge in [-0.2, -0.15) is 0 Å². The molecule has 1 aliphatic carbocycles. The van der Waals surface area contributed by atoms with Crippen LogP contribution in [0.3, 0.4) is 0 Å². The molecule has 0 amide bonds. The van der Waals surface area contributed by atoms with Crippen molar-refractivity contribution in [2.45, 2.75) is 42.7 Å². The molecular formula is C15H23NO3S2. The molecule has 118 valence electrons. The monoisotopic (exact) mass is 329 g/mol. The van der Waals surface area contributed by atoms with E-state index in [0.29, 0.717) is 12.2 Å². The fourth-order valence-electron chi connectivity index (χ4n) is 2.89. The summed E-state index contributed by atoms with van der Waals surface area (Å²) in [5.74, 6) is 0.548. The Bertz CT molecular complexity index is 613. The molecule has 1 fully saturated rings. The summed E-state index contributed by atoms with van der Waals surface area (Å²) < 4.78 is 34.7. The van der Waals surface area contributed by atoms with Crippen molar-refractivity contribution in [2.24, 2.45) is 0 Å². The molecule has 3 atom stereocenters. The van der Waals surface area contributed by atoms with E-state index >= 15 is 0 Å². The first-order chi connectivity index (χ1) is 9.84. The first kappa shape index (κ1) is 16.5. The number of sulfone groups is 1. The molecule has 0 saturated heterocycles. The summed E-state index contributed by atoms with van der Waals surface area (Å²) in [6, 6.07) is 8.09. The van der Waals surface area contributed by atoms with Crippen LogP contribution in [-0.4, -0.2) is 36.4 Å². The fourth-order valence-corrected chi connectivity index (χ4v) is 4.71. The Morgan fingerprint density at radius 3 is 2.76 bits per heavy atom. The molecule has 3 unspecified atom stereocenters. The van der Waals surface area contributed by atoms with Crippen molar-refractivity contribution in [2.75, 3.05) is 17.8 Å². The number of hydrogen-bond acceptors (Lipinski definition) is 4. The number of hydrogen-bond donors (Lipinski definition) is 1. The molecule has 0 spiro atoms. The average molecular weight is 329 g/mol. The van der Waals surface area contributed by atoms with Gasteiger partial charge in [0.2, 0.25) is 0 Å². The van der Waals surface area contributed by atoms with E-state index in [-0.39, 0.29) is 11.3 Å². The van der Waals surface area contributed by atoms with Gasteiger partial charge in [-0.05, 0) is 37.0 Å². The fraction of sp³-hybridized carbons (Fsp3) is 0.600. The van der Waals surface area contributed by atoms with Crippen LogP contribution in [0.15, 0.2) is 24.3 Å². The molecule has 0 bridgehead atoms. The third kappa shape index (κ3) is 5.11. The van der Waals surface area contributed by atoms with Crippen LogP contribution >= 0.6 is 0 Å². The van der Waals surface area contributed by atoms with Crippen LogP contribution < -0.4 is 5.32 Å². The van der Waals surface area contributed by atoms with Gasteiger partial charge in [-0.15, -0.1) is 0 Å². The van der Waals surface area contributed by atoms with Crippen molar-refractivity contribution in [1.82, 2.24) is 0 Å². The second kappa shape index (κ2) is 6.92. The van der Waals surface area contributed by atoms with E-state index in [9.17, 15) is 12.6 Å². The van der Waals surface area contributed by atoms with E-state index in [1.54, 1.807) is 6.26 Å². The molecule has 1 aromatic rings. The van der Waals surface area contributed by atoms with E-state index in [0.717, 1.165) is 30.5 Å². The van der Waals surface area contributed by atoms with Crippen molar-refractivity contribution in [3.05, 3.63) is 29.8 Å². The van der Waals surface area contributed by atoms with Gasteiger partial charge in [0.1, 0.15) is 9.84 Å². The van der Waals surface area contributed by atoms with Crippen LogP contribution in [0.5, 0.6) is 0 Å². The predicted octanol–water partition coefficient (Wildman–Crippen LogP) is 2.33. The highest BCUT2D eigenvalue weighted by molar-refractivity contribution is 7.91. The van der Waals surface area contributed by atoms with Crippen LogP contribution in [0.25, 0.3) is 0 Å². The second-order valence-corrected chi connectivity index (χ2v) is 9.64. The Morgan fingerprint density at radius 1 is 1.33 bits per heavy atom. The first-order valence-electron chi connectivity index (χ1n) is 7.19. The van der Waals surface area contributed by atoms with Crippen LogP contribution in [0, 0.1) is 0 Å². The third-order valence-electron chi connectivity index (χ3n) is 3.90. The Morgan fingerprint density at radius 2 is 2.10 bits per heavy atom. The highest BCUT2D eigenvalue weighted by atomic mass is 32.2. The average Bonchev–Trinajstić information content (AvgIpc) is 2.37. The quantitative estimate of drug-likeness (QED) is 0.900. The van der Waals surface area contributed by atoms with Gasteiger partial charge in [-0.3, -0.25) is 4.21 Å². The molecule has 1 saturated carbocycles. The molecular weight excluding hydrogens is 306 g/mol. The maximum atomic E-state index is 11.7. The van der Waals surface area contributed by atoms with E-state index in [1.807, 2.05) is 24.3 Å². The summed E-state index contributed by atoms with van der Waals surface area (Å²) in [5, 5.41) is 3.21. The molecule has 1 aliphatic rings. The lowest BCUT2D eigenvalue weighted by molar-refractivity contribution is 0.453. The SMILES string of the molecule is CS(=O)Cc1cccc(NC2CCCC(S(C)(=O)=O)C2)c1. The normalized spacial score (nSPS) is 24.5. The van der Waals surface area contributed by atoms with Gasteiger partial charge in [0.05, 0.1) is 5.25 Å². The summed E-state index contributed by atoms with van der Waals surface area (Å²) >= 11 is 0. The maximum Gasteiger partial charge on any atom is 0.150 e. The van der Waals surface area contributed by atoms with Crippen molar-refractivity contribution < 1.29 is 12.6 Å². The van der Waals surface area contributed by atoms with Crippen LogP contribution in [0.2, 0.25) is 0 Å². The summed E-state index contributed by atoms with van der Waals surface area (Å²) in [6.07, 6.45) is 6.40. The molecule has 1 N–H and O–H groups in total. The van der Waals surface area contributed by atoms with E-state index in [1.165, 1.54) is 6.26 Å². The predicted molar refractivity (Wildman–Crippen MR) is 88.7 cm³/mol. The third-order valence-corrected chi connectivity index (χ3v) is 6.28. The number of benzene rings is 1. The molecule has 2 rings (SSSR count). The maximum absolute atomic E-state index is 11.7. The molecule has 1 aromatic carbocycles. The van der Waals surface area contributed by atoms with Crippen LogP contribution in [0.1, 0.15) is 31.2 Å². The van der Waals surface area contributed by atoms with Crippen molar-refractivity contribution in [1.29, 1.82) is 0 Å². The van der Waals surface area contributed by atoms with E-state index < -0.39 is 20.6 Å². The zero-order valence-electron chi connectivity index (χ0n) is 12.5. The zero-order chi connectivity index (χ0) is 15.5. The minimum absolute atomic E-state index is 0.195. The molecule has 0 aromatic heterocycles. The van der Waals surface area contributed by atoms with Crippen LogP contribution in [0.4, 0.5) is 5.69 Å². The summed E-state index contributed by atoms with van der Waals surface area (Å²) in [6.45, 7) is 0.